The second kappa shape index (κ2) is 6.78. The fourth-order valence-corrected chi connectivity index (χ4v) is 3.44. The first-order valence-electron chi connectivity index (χ1n) is 8.52. The van der Waals surface area contributed by atoms with Gasteiger partial charge in [0.15, 0.2) is 0 Å². The predicted molar refractivity (Wildman–Crippen MR) is 90.7 cm³/mol. The Bertz CT molecular complexity index is 702. The van der Waals surface area contributed by atoms with E-state index >= 15 is 0 Å². The minimum atomic E-state index is 0.502. The van der Waals surface area contributed by atoms with Crippen LogP contribution in [0.4, 0.5) is 0 Å². The Hall–Kier alpha value is -1.50. The third-order valence-corrected chi connectivity index (χ3v) is 5.26. The van der Waals surface area contributed by atoms with Crippen LogP contribution in [0, 0.1) is 0 Å². The highest BCUT2D eigenvalue weighted by atomic mass is 35.5. The SMILES string of the molecule is CN(Cc1nnc(C2CC2)o1)C1CCN(Cc2ccncc2Cl)C1. The molecule has 1 aliphatic heterocycles. The van der Waals surface area contributed by atoms with E-state index in [4.69, 9.17) is 16.0 Å². The van der Waals surface area contributed by atoms with E-state index in [-0.39, 0.29) is 0 Å². The van der Waals surface area contributed by atoms with Crippen LogP contribution in [-0.4, -0.2) is 51.2 Å². The van der Waals surface area contributed by atoms with Gasteiger partial charge in [0.2, 0.25) is 11.8 Å². The molecular weight excluding hydrogens is 326 g/mol. The lowest BCUT2D eigenvalue weighted by Crippen LogP contribution is -2.34. The maximum absolute atomic E-state index is 6.21. The zero-order chi connectivity index (χ0) is 16.5. The second-order valence-electron chi connectivity index (χ2n) is 6.87. The molecule has 1 saturated heterocycles. The van der Waals surface area contributed by atoms with Gasteiger partial charge in [0.05, 0.1) is 11.6 Å². The van der Waals surface area contributed by atoms with Crippen LogP contribution < -0.4 is 0 Å². The first-order valence-corrected chi connectivity index (χ1v) is 8.90. The highest BCUT2D eigenvalue weighted by Gasteiger charge is 2.30. The summed E-state index contributed by atoms with van der Waals surface area (Å²) >= 11 is 6.21. The molecule has 1 saturated carbocycles. The molecule has 24 heavy (non-hydrogen) atoms. The van der Waals surface area contributed by atoms with Gasteiger partial charge in [0.25, 0.3) is 0 Å². The zero-order valence-electron chi connectivity index (χ0n) is 13.9. The van der Waals surface area contributed by atoms with Gasteiger partial charge in [-0.2, -0.15) is 0 Å². The molecule has 0 N–H and O–H groups in total. The predicted octanol–water partition coefficient (Wildman–Crippen LogP) is 2.70. The molecule has 2 aliphatic rings. The van der Waals surface area contributed by atoms with Crippen molar-refractivity contribution in [3.05, 3.63) is 40.8 Å². The molecule has 0 aromatic carbocycles. The number of likely N-dealkylation sites (tertiary alicyclic amines) is 1. The lowest BCUT2D eigenvalue weighted by atomic mass is 10.2. The molecule has 0 amide bonds. The summed E-state index contributed by atoms with van der Waals surface area (Å²) in [6.45, 7) is 3.69. The average Bonchev–Trinajstić information content (AvgIpc) is 3.14. The molecule has 1 unspecified atom stereocenters. The summed E-state index contributed by atoms with van der Waals surface area (Å²) in [5.74, 6) is 2.07. The van der Waals surface area contributed by atoms with Crippen molar-refractivity contribution in [3.63, 3.8) is 0 Å². The minimum absolute atomic E-state index is 0.502. The summed E-state index contributed by atoms with van der Waals surface area (Å²) in [6, 6.07) is 2.50. The van der Waals surface area contributed by atoms with Gasteiger partial charge in [0, 0.05) is 44.0 Å². The molecule has 128 valence electrons. The molecule has 2 fully saturated rings. The molecule has 7 heteroatoms. The highest BCUT2D eigenvalue weighted by molar-refractivity contribution is 6.31. The van der Waals surface area contributed by atoms with E-state index in [2.05, 4.69) is 32.0 Å². The fraction of sp³-hybridized carbons (Fsp3) is 0.588. The van der Waals surface area contributed by atoms with Crippen molar-refractivity contribution in [1.29, 1.82) is 0 Å². The molecule has 0 radical (unpaired) electrons. The molecule has 4 rings (SSSR count). The van der Waals surface area contributed by atoms with Gasteiger partial charge in [-0.25, -0.2) is 0 Å². The van der Waals surface area contributed by atoms with Crippen molar-refractivity contribution >= 4 is 11.6 Å². The summed E-state index contributed by atoms with van der Waals surface area (Å²) in [5, 5.41) is 9.10. The van der Waals surface area contributed by atoms with E-state index in [1.165, 1.54) is 12.8 Å². The standard InChI is InChI=1S/C17H22ClN5O/c1-22(11-16-20-21-17(24-16)12-2-3-12)14-5-7-23(10-14)9-13-4-6-19-8-15(13)18/h4,6,8,12,14H,2-3,5,7,9-11H2,1H3. The summed E-state index contributed by atoms with van der Waals surface area (Å²) in [5.41, 5.74) is 1.14. The zero-order valence-corrected chi connectivity index (χ0v) is 14.6. The average molecular weight is 348 g/mol. The van der Waals surface area contributed by atoms with Gasteiger partial charge < -0.3 is 4.42 Å². The number of hydrogen-bond acceptors (Lipinski definition) is 6. The van der Waals surface area contributed by atoms with Crippen LogP contribution in [0.1, 0.15) is 42.5 Å². The van der Waals surface area contributed by atoms with Crippen molar-refractivity contribution in [2.45, 2.75) is 44.3 Å². The maximum Gasteiger partial charge on any atom is 0.230 e. The van der Waals surface area contributed by atoms with Crippen molar-refractivity contribution < 1.29 is 4.42 Å². The van der Waals surface area contributed by atoms with Gasteiger partial charge in [0.1, 0.15) is 0 Å². The molecule has 1 atom stereocenters. The van der Waals surface area contributed by atoms with Crippen LogP contribution in [0.3, 0.4) is 0 Å². The monoisotopic (exact) mass is 347 g/mol. The summed E-state index contributed by atoms with van der Waals surface area (Å²) in [4.78, 5) is 8.80. The number of halogens is 1. The highest BCUT2D eigenvalue weighted by Crippen LogP contribution is 2.39. The fourth-order valence-electron chi connectivity index (χ4n) is 3.26. The molecular formula is C17H22ClN5O. The normalized spacial score (nSPS) is 21.7. The lowest BCUT2D eigenvalue weighted by Gasteiger charge is -2.23. The Kier molecular flexibility index (Phi) is 4.52. The van der Waals surface area contributed by atoms with Crippen LogP contribution in [-0.2, 0) is 13.1 Å². The van der Waals surface area contributed by atoms with E-state index < -0.39 is 0 Å². The van der Waals surface area contributed by atoms with Gasteiger partial charge in [-0.1, -0.05) is 11.6 Å². The summed E-state index contributed by atoms with van der Waals surface area (Å²) < 4.78 is 5.77. The van der Waals surface area contributed by atoms with E-state index in [0.29, 0.717) is 18.5 Å². The largest absolute Gasteiger partial charge is 0.424 e. The number of aromatic nitrogens is 3. The Balaban J connectivity index is 1.31. The van der Waals surface area contributed by atoms with Crippen molar-refractivity contribution in [3.8, 4) is 0 Å². The molecule has 0 spiro atoms. The van der Waals surface area contributed by atoms with E-state index in [1.807, 2.05) is 6.07 Å². The van der Waals surface area contributed by atoms with Crippen LogP contribution in [0.15, 0.2) is 22.9 Å². The quantitative estimate of drug-likeness (QED) is 0.800. The molecule has 6 nitrogen and oxygen atoms in total. The van der Waals surface area contributed by atoms with Crippen LogP contribution >= 0.6 is 11.6 Å². The Morgan fingerprint density at radius 1 is 1.33 bits per heavy atom. The summed E-state index contributed by atoms with van der Waals surface area (Å²) in [7, 11) is 2.13. The number of pyridine rings is 1. The van der Waals surface area contributed by atoms with Crippen LogP contribution in [0.2, 0.25) is 5.02 Å². The first kappa shape index (κ1) is 16.0. The topological polar surface area (TPSA) is 58.3 Å². The van der Waals surface area contributed by atoms with Crippen molar-refractivity contribution in [2.75, 3.05) is 20.1 Å². The van der Waals surface area contributed by atoms with E-state index in [1.54, 1.807) is 12.4 Å². The van der Waals surface area contributed by atoms with Crippen LogP contribution in [0.5, 0.6) is 0 Å². The Morgan fingerprint density at radius 2 is 2.21 bits per heavy atom. The smallest absolute Gasteiger partial charge is 0.230 e. The van der Waals surface area contributed by atoms with E-state index in [9.17, 15) is 0 Å². The van der Waals surface area contributed by atoms with E-state index in [0.717, 1.165) is 48.4 Å². The molecule has 2 aromatic heterocycles. The molecule has 1 aliphatic carbocycles. The Morgan fingerprint density at radius 3 is 3.00 bits per heavy atom. The Labute approximate surface area is 146 Å². The van der Waals surface area contributed by atoms with Crippen molar-refractivity contribution in [2.24, 2.45) is 0 Å². The van der Waals surface area contributed by atoms with Gasteiger partial charge >= 0.3 is 0 Å². The van der Waals surface area contributed by atoms with Gasteiger partial charge in [-0.15, -0.1) is 10.2 Å². The molecule has 0 bridgehead atoms. The maximum atomic E-state index is 6.21. The molecule has 3 heterocycles. The lowest BCUT2D eigenvalue weighted by molar-refractivity contribution is 0.204. The summed E-state index contributed by atoms with van der Waals surface area (Å²) in [6.07, 6.45) is 7.03. The third kappa shape index (κ3) is 3.61. The number of hydrogen-bond donors (Lipinski definition) is 0. The third-order valence-electron chi connectivity index (χ3n) is 4.91. The number of nitrogens with zero attached hydrogens (tertiary/aromatic N) is 5. The minimum Gasteiger partial charge on any atom is -0.424 e. The van der Waals surface area contributed by atoms with Gasteiger partial charge in [-0.3, -0.25) is 14.8 Å². The number of likely N-dealkylation sites (N-methyl/N-ethyl adjacent to an activating group) is 1. The first-order chi connectivity index (χ1) is 11.7. The van der Waals surface area contributed by atoms with Crippen molar-refractivity contribution in [1.82, 2.24) is 25.0 Å². The van der Waals surface area contributed by atoms with Crippen LogP contribution in [0.25, 0.3) is 0 Å². The second-order valence-corrected chi connectivity index (χ2v) is 7.28. The van der Waals surface area contributed by atoms with Gasteiger partial charge in [-0.05, 0) is 37.9 Å². The molecule has 2 aromatic rings. The number of rotatable bonds is 6.